The van der Waals surface area contributed by atoms with Crippen LogP contribution in [0.1, 0.15) is 50.4 Å². The Balaban J connectivity index is 1.99. The van der Waals surface area contributed by atoms with E-state index < -0.39 is 0 Å². The van der Waals surface area contributed by atoms with Crippen molar-refractivity contribution in [3.63, 3.8) is 0 Å². The molecule has 0 aliphatic rings. The Morgan fingerprint density at radius 3 is 1.96 bits per heavy atom. The van der Waals surface area contributed by atoms with E-state index in [1.54, 1.807) is 0 Å². The van der Waals surface area contributed by atoms with Crippen LogP contribution < -0.4 is 10.1 Å². The number of carbonyl (C=O) groups excluding carboxylic acids is 1. The van der Waals surface area contributed by atoms with E-state index in [1.165, 1.54) is 6.92 Å². The monoisotopic (exact) mass is 335 g/mol. The molecule has 0 saturated carbocycles. The zero-order chi connectivity index (χ0) is 18.2. The molecule has 0 aromatic heterocycles. The van der Waals surface area contributed by atoms with Gasteiger partial charge in [-0.3, -0.25) is 4.79 Å². The molecule has 1 N–H and O–H groups in total. The van der Waals surface area contributed by atoms with Crippen LogP contribution in [0.5, 0.6) is 5.75 Å². The summed E-state index contributed by atoms with van der Waals surface area (Å²) in [6, 6.07) is 15.8. The highest BCUT2D eigenvalue weighted by Gasteiger charge is 2.05. The molecule has 0 saturated heterocycles. The van der Waals surface area contributed by atoms with Crippen molar-refractivity contribution < 1.29 is 9.53 Å². The first-order valence-corrected chi connectivity index (χ1v) is 8.56. The number of ether oxygens (including phenoxy) is 1. The highest BCUT2D eigenvalue weighted by atomic mass is 16.5. The van der Waals surface area contributed by atoms with Gasteiger partial charge in [0.25, 0.3) is 0 Å². The number of amides is 1. The Morgan fingerprint density at radius 1 is 0.960 bits per heavy atom. The van der Waals surface area contributed by atoms with Crippen molar-refractivity contribution in [2.24, 2.45) is 5.92 Å². The maximum absolute atomic E-state index is 11.1. The van der Waals surface area contributed by atoms with Gasteiger partial charge in [-0.1, -0.05) is 37.8 Å². The minimum Gasteiger partial charge on any atom is -0.493 e. The van der Waals surface area contributed by atoms with E-state index in [-0.39, 0.29) is 11.9 Å². The largest absolute Gasteiger partial charge is 0.493 e. The first-order chi connectivity index (χ1) is 11.9. The second-order valence-electron chi connectivity index (χ2n) is 6.52. The summed E-state index contributed by atoms with van der Waals surface area (Å²) >= 11 is 0. The molecule has 0 unspecified atom stereocenters. The van der Waals surface area contributed by atoms with E-state index in [1.807, 2.05) is 55.5 Å². The summed E-state index contributed by atoms with van der Waals surface area (Å²) in [4.78, 5) is 11.1. The fourth-order valence-corrected chi connectivity index (χ4v) is 2.29. The van der Waals surface area contributed by atoms with Gasteiger partial charge < -0.3 is 10.1 Å². The van der Waals surface area contributed by atoms with Gasteiger partial charge in [0.05, 0.1) is 12.6 Å². The number of benzene rings is 2. The van der Waals surface area contributed by atoms with Crippen molar-refractivity contribution in [1.29, 1.82) is 0 Å². The highest BCUT2D eigenvalue weighted by molar-refractivity contribution is 5.73. The van der Waals surface area contributed by atoms with Crippen molar-refractivity contribution in [1.82, 2.24) is 5.32 Å². The molecule has 0 fully saturated rings. The fourth-order valence-electron chi connectivity index (χ4n) is 2.29. The lowest BCUT2D eigenvalue weighted by atomic mass is 10.1. The van der Waals surface area contributed by atoms with Crippen molar-refractivity contribution in [3.8, 4) is 17.6 Å². The third-order valence-corrected chi connectivity index (χ3v) is 3.62. The van der Waals surface area contributed by atoms with Gasteiger partial charge in [-0.25, -0.2) is 0 Å². The van der Waals surface area contributed by atoms with Crippen molar-refractivity contribution >= 4 is 5.91 Å². The maximum atomic E-state index is 11.1. The van der Waals surface area contributed by atoms with E-state index >= 15 is 0 Å². The Morgan fingerprint density at radius 2 is 1.48 bits per heavy atom. The minimum atomic E-state index is -0.0304. The van der Waals surface area contributed by atoms with Crippen LogP contribution in [0.2, 0.25) is 0 Å². The molecule has 0 radical (unpaired) electrons. The van der Waals surface area contributed by atoms with Crippen LogP contribution in [0.15, 0.2) is 48.5 Å². The molecule has 2 aromatic rings. The third-order valence-electron chi connectivity index (χ3n) is 3.62. The molecular formula is C22H25NO2. The molecule has 0 bridgehead atoms. The van der Waals surface area contributed by atoms with Gasteiger partial charge in [0.1, 0.15) is 5.75 Å². The first kappa shape index (κ1) is 18.6. The van der Waals surface area contributed by atoms with Gasteiger partial charge in [0.15, 0.2) is 0 Å². The van der Waals surface area contributed by atoms with E-state index in [0.29, 0.717) is 12.5 Å². The molecule has 0 spiro atoms. The van der Waals surface area contributed by atoms with E-state index in [0.717, 1.165) is 22.4 Å². The van der Waals surface area contributed by atoms with Crippen LogP contribution in [-0.4, -0.2) is 12.5 Å². The summed E-state index contributed by atoms with van der Waals surface area (Å²) in [5.41, 5.74) is 2.96. The second kappa shape index (κ2) is 8.94. The number of rotatable bonds is 5. The number of carbonyl (C=O) groups is 1. The lowest BCUT2D eigenvalue weighted by Gasteiger charge is -2.12. The predicted molar refractivity (Wildman–Crippen MR) is 101 cm³/mol. The molecule has 1 amide bonds. The Labute approximate surface area is 150 Å². The standard InChI is InChI=1S/C22H25NO2/c1-16(2)15-25-22-13-9-20(10-14-22)6-5-19-7-11-21(12-8-19)17(3)23-18(4)24/h7-14,16-17H,15H2,1-4H3,(H,23,24)/t17-/m0/s1. The van der Waals surface area contributed by atoms with Crippen molar-refractivity contribution in [2.75, 3.05) is 6.61 Å². The molecule has 130 valence electrons. The van der Waals surface area contributed by atoms with Crippen LogP contribution in [-0.2, 0) is 4.79 Å². The average Bonchev–Trinajstić information content (AvgIpc) is 2.59. The molecular weight excluding hydrogens is 310 g/mol. The summed E-state index contributed by atoms with van der Waals surface area (Å²) in [7, 11) is 0. The number of hydrogen-bond acceptors (Lipinski definition) is 2. The van der Waals surface area contributed by atoms with Crippen LogP contribution in [0.4, 0.5) is 0 Å². The van der Waals surface area contributed by atoms with E-state index in [4.69, 9.17) is 4.74 Å². The summed E-state index contributed by atoms with van der Waals surface area (Å²) in [5, 5.41) is 2.87. The zero-order valence-corrected chi connectivity index (χ0v) is 15.3. The van der Waals surface area contributed by atoms with Gasteiger partial charge in [0.2, 0.25) is 5.91 Å². The van der Waals surface area contributed by atoms with E-state index in [2.05, 4.69) is 31.0 Å². The van der Waals surface area contributed by atoms with Crippen molar-refractivity contribution in [2.45, 2.75) is 33.7 Å². The van der Waals surface area contributed by atoms with Gasteiger partial charge in [0, 0.05) is 18.1 Å². The molecule has 2 rings (SSSR count). The molecule has 0 aliphatic heterocycles. The molecule has 2 aromatic carbocycles. The van der Waals surface area contributed by atoms with Gasteiger partial charge in [-0.2, -0.15) is 0 Å². The third kappa shape index (κ3) is 6.35. The SMILES string of the molecule is CC(=O)N[C@@H](C)c1ccc(C#Cc2ccc(OCC(C)C)cc2)cc1. The zero-order valence-electron chi connectivity index (χ0n) is 15.3. The number of hydrogen-bond donors (Lipinski definition) is 1. The topological polar surface area (TPSA) is 38.3 Å². The summed E-state index contributed by atoms with van der Waals surface area (Å²) < 4.78 is 5.67. The quantitative estimate of drug-likeness (QED) is 0.827. The summed E-state index contributed by atoms with van der Waals surface area (Å²) in [6.07, 6.45) is 0. The molecule has 0 heterocycles. The average molecular weight is 335 g/mol. The molecule has 0 aliphatic carbocycles. The highest BCUT2D eigenvalue weighted by Crippen LogP contribution is 2.14. The number of nitrogens with one attached hydrogen (secondary N) is 1. The molecule has 3 nitrogen and oxygen atoms in total. The normalized spacial score (nSPS) is 11.4. The van der Waals surface area contributed by atoms with Crippen molar-refractivity contribution in [3.05, 3.63) is 65.2 Å². The van der Waals surface area contributed by atoms with Crippen LogP contribution in [0.25, 0.3) is 0 Å². The smallest absolute Gasteiger partial charge is 0.217 e. The van der Waals surface area contributed by atoms with Crippen LogP contribution >= 0.6 is 0 Å². The maximum Gasteiger partial charge on any atom is 0.217 e. The molecule has 3 heteroatoms. The van der Waals surface area contributed by atoms with Gasteiger partial charge >= 0.3 is 0 Å². The van der Waals surface area contributed by atoms with Crippen LogP contribution in [0.3, 0.4) is 0 Å². The summed E-state index contributed by atoms with van der Waals surface area (Å²) in [6.45, 7) is 8.46. The van der Waals surface area contributed by atoms with Gasteiger partial charge in [-0.05, 0) is 54.8 Å². The Kier molecular flexibility index (Phi) is 6.65. The van der Waals surface area contributed by atoms with Gasteiger partial charge in [-0.15, -0.1) is 0 Å². The lowest BCUT2D eigenvalue weighted by Crippen LogP contribution is -2.23. The Bertz CT molecular complexity index is 749. The fraction of sp³-hybridized carbons (Fsp3) is 0.318. The summed E-state index contributed by atoms with van der Waals surface area (Å²) in [5.74, 6) is 7.67. The molecule has 1 atom stereocenters. The van der Waals surface area contributed by atoms with Crippen LogP contribution in [0, 0.1) is 17.8 Å². The minimum absolute atomic E-state index is 0.00195. The Hall–Kier alpha value is -2.73. The second-order valence-corrected chi connectivity index (χ2v) is 6.52. The molecule has 25 heavy (non-hydrogen) atoms. The van der Waals surface area contributed by atoms with E-state index in [9.17, 15) is 4.79 Å². The predicted octanol–water partition coefficient (Wildman–Crippen LogP) is 4.32. The lowest BCUT2D eigenvalue weighted by molar-refractivity contribution is -0.119. The first-order valence-electron chi connectivity index (χ1n) is 8.56.